The fraction of sp³-hybridized carbons (Fsp3) is 0.150. The van der Waals surface area contributed by atoms with Crippen molar-refractivity contribution in [3.05, 3.63) is 76.4 Å². The standard InChI is InChI=1S/C20H19ClN6.ClH/c21-15-9-5-4-8-14(15)13-10-16-18(17(11-13)25-27-20(22)23)19(26-24-16)12-6-2-1-3-7-12;/h1-9,13H,10-11H2,(H,24,26)(H4,22,23,27);1H. The molecule has 1 atom stereocenters. The van der Waals surface area contributed by atoms with Gasteiger partial charge in [0.05, 0.1) is 5.71 Å². The van der Waals surface area contributed by atoms with Gasteiger partial charge in [0.2, 0.25) is 5.96 Å². The molecule has 5 N–H and O–H groups in total. The molecule has 28 heavy (non-hydrogen) atoms. The molecule has 0 fully saturated rings. The Hall–Kier alpha value is -2.83. The number of hydrogen-bond acceptors (Lipinski definition) is 3. The Kier molecular flexibility index (Phi) is 6.02. The van der Waals surface area contributed by atoms with Gasteiger partial charge in [-0.15, -0.1) is 12.4 Å². The summed E-state index contributed by atoms with van der Waals surface area (Å²) in [6.07, 6.45) is 1.47. The zero-order valence-electron chi connectivity index (χ0n) is 14.9. The van der Waals surface area contributed by atoms with Gasteiger partial charge in [0.1, 0.15) is 5.69 Å². The van der Waals surface area contributed by atoms with E-state index >= 15 is 0 Å². The third-order valence-corrected chi connectivity index (χ3v) is 5.07. The molecule has 0 radical (unpaired) electrons. The number of rotatable bonds is 3. The Morgan fingerprint density at radius 1 is 1.14 bits per heavy atom. The molecule has 4 rings (SSSR count). The second-order valence-electron chi connectivity index (χ2n) is 6.50. The number of H-pyrrole nitrogens is 1. The van der Waals surface area contributed by atoms with Crippen LogP contribution in [0.25, 0.3) is 11.3 Å². The van der Waals surface area contributed by atoms with Gasteiger partial charge in [-0.25, -0.2) is 5.43 Å². The van der Waals surface area contributed by atoms with Gasteiger partial charge in [0.15, 0.2) is 0 Å². The van der Waals surface area contributed by atoms with Crippen molar-refractivity contribution < 1.29 is 0 Å². The minimum absolute atomic E-state index is 0. The molecule has 0 amide bonds. The number of hydrogen-bond donors (Lipinski definition) is 4. The molecule has 6 nitrogen and oxygen atoms in total. The predicted octanol–water partition coefficient (Wildman–Crippen LogP) is 4.07. The van der Waals surface area contributed by atoms with E-state index in [4.69, 9.17) is 22.7 Å². The lowest BCUT2D eigenvalue weighted by atomic mass is 9.80. The quantitative estimate of drug-likeness (QED) is 0.295. The minimum atomic E-state index is -0.200. The number of benzene rings is 2. The molecule has 2 aromatic carbocycles. The fourth-order valence-electron chi connectivity index (χ4n) is 3.55. The van der Waals surface area contributed by atoms with Crippen molar-refractivity contribution in [3.63, 3.8) is 0 Å². The molecule has 0 saturated carbocycles. The Morgan fingerprint density at radius 2 is 1.86 bits per heavy atom. The Bertz CT molecular complexity index is 1010. The van der Waals surface area contributed by atoms with Crippen LogP contribution in [-0.2, 0) is 6.42 Å². The van der Waals surface area contributed by atoms with E-state index in [1.807, 2.05) is 54.6 Å². The molecule has 0 saturated heterocycles. The first-order valence-electron chi connectivity index (χ1n) is 8.67. The Labute approximate surface area is 174 Å². The molecular formula is C20H20Cl2N6. The zero-order chi connectivity index (χ0) is 18.8. The molecule has 1 aliphatic rings. The normalized spacial score (nSPS) is 16.9. The predicted molar refractivity (Wildman–Crippen MR) is 115 cm³/mol. The lowest BCUT2D eigenvalue weighted by Crippen LogP contribution is -2.29. The first-order chi connectivity index (χ1) is 13.1. The highest BCUT2D eigenvalue weighted by molar-refractivity contribution is 6.31. The number of fused-ring (bicyclic) bond motifs is 1. The maximum absolute atomic E-state index is 7.44. The molecule has 0 spiro atoms. The van der Waals surface area contributed by atoms with E-state index in [1.54, 1.807) is 0 Å². The number of halogens is 2. The van der Waals surface area contributed by atoms with Crippen LogP contribution < -0.4 is 11.2 Å². The molecule has 1 aliphatic carbocycles. The second-order valence-corrected chi connectivity index (χ2v) is 6.91. The van der Waals surface area contributed by atoms with E-state index in [9.17, 15) is 0 Å². The van der Waals surface area contributed by atoms with Crippen LogP contribution in [0.2, 0.25) is 5.02 Å². The van der Waals surface area contributed by atoms with E-state index in [1.165, 1.54) is 0 Å². The summed E-state index contributed by atoms with van der Waals surface area (Å²) in [5, 5.41) is 20.3. The fourth-order valence-corrected chi connectivity index (χ4v) is 3.84. The van der Waals surface area contributed by atoms with Crippen molar-refractivity contribution in [2.45, 2.75) is 18.8 Å². The van der Waals surface area contributed by atoms with Crippen LogP contribution in [0.5, 0.6) is 0 Å². The van der Waals surface area contributed by atoms with Gasteiger partial charge in [-0.3, -0.25) is 10.5 Å². The van der Waals surface area contributed by atoms with Gasteiger partial charge in [-0.1, -0.05) is 60.1 Å². The summed E-state index contributed by atoms with van der Waals surface area (Å²) in [6.45, 7) is 0. The van der Waals surface area contributed by atoms with Crippen molar-refractivity contribution in [1.82, 2.24) is 15.6 Å². The average molecular weight is 415 g/mol. The zero-order valence-corrected chi connectivity index (χ0v) is 16.5. The molecule has 144 valence electrons. The third-order valence-electron chi connectivity index (χ3n) is 4.72. The van der Waals surface area contributed by atoms with Crippen LogP contribution in [-0.4, -0.2) is 21.9 Å². The highest BCUT2D eigenvalue weighted by Crippen LogP contribution is 2.38. The number of aromatic nitrogens is 2. The van der Waals surface area contributed by atoms with Gasteiger partial charge >= 0.3 is 0 Å². The van der Waals surface area contributed by atoms with E-state index in [0.717, 1.165) is 45.2 Å². The molecule has 1 heterocycles. The van der Waals surface area contributed by atoms with Gasteiger partial charge in [-0.2, -0.15) is 10.2 Å². The van der Waals surface area contributed by atoms with Gasteiger partial charge in [-0.05, 0) is 30.4 Å². The van der Waals surface area contributed by atoms with Crippen molar-refractivity contribution >= 4 is 35.7 Å². The van der Waals surface area contributed by atoms with Gasteiger partial charge < -0.3 is 5.73 Å². The molecule has 3 aromatic rings. The van der Waals surface area contributed by atoms with Crippen LogP contribution in [0.4, 0.5) is 0 Å². The lowest BCUT2D eigenvalue weighted by molar-refractivity contribution is 0.677. The molecule has 1 aromatic heterocycles. The molecule has 8 heteroatoms. The van der Waals surface area contributed by atoms with Crippen molar-refractivity contribution in [2.24, 2.45) is 10.8 Å². The summed E-state index contributed by atoms with van der Waals surface area (Å²) in [4.78, 5) is 0. The summed E-state index contributed by atoms with van der Waals surface area (Å²) < 4.78 is 0. The van der Waals surface area contributed by atoms with E-state index in [2.05, 4.69) is 20.7 Å². The number of hydrazone groups is 1. The average Bonchev–Trinajstić information content (AvgIpc) is 3.11. The number of aromatic amines is 1. The van der Waals surface area contributed by atoms with E-state index in [-0.39, 0.29) is 24.3 Å². The van der Waals surface area contributed by atoms with Crippen LogP contribution >= 0.6 is 24.0 Å². The molecule has 0 aliphatic heterocycles. The first-order valence-corrected chi connectivity index (χ1v) is 9.05. The smallest absolute Gasteiger partial charge is 0.206 e. The lowest BCUT2D eigenvalue weighted by Gasteiger charge is -2.25. The summed E-state index contributed by atoms with van der Waals surface area (Å²) in [5.74, 6) is -0.0311. The molecule has 1 unspecified atom stereocenters. The minimum Gasteiger partial charge on any atom is -0.369 e. The highest BCUT2D eigenvalue weighted by Gasteiger charge is 2.31. The largest absolute Gasteiger partial charge is 0.369 e. The Balaban J connectivity index is 0.00000225. The summed E-state index contributed by atoms with van der Waals surface area (Å²) in [7, 11) is 0. The van der Waals surface area contributed by atoms with E-state index < -0.39 is 0 Å². The summed E-state index contributed by atoms with van der Waals surface area (Å²) in [6, 6.07) is 17.8. The first kappa shape index (κ1) is 19.9. The van der Waals surface area contributed by atoms with Crippen LogP contribution in [0.15, 0.2) is 59.7 Å². The van der Waals surface area contributed by atoms with Crippen molar-refractivity contribution in [2.75, 3.05) is 0 Å². The summed E-state index contributed by atoms with van der Waals surface area (Å²) >= 11 is 6.43. The maximum Gasteiger partial charge on any atom is 0.206 e. The van der Waals surface area contributed by atoms with Gasteiger partial charge in [0, 0.05) is 21.8 Å². The number of nitrogens with zero attached hydrogens (tertiary/aromatic N) is 2. The highest BCUT2D eigenvalue weighted by atomic mass is 35.5. The van der Waals surface area contributed by atoms with Crippen molar-refractivity contribution in [1.29, 1.82) is 5.41 Å². The summed E-state index contributed by atoms with van der Waals surface area (Å²) in [5.41, 5.74) is 13.8. The maximum atomic E-state index is 7.44. The van der Waals surface area contributed by atoms with Gasteiger partial charge in [0.25, 0.3) is 0 Å². The Morgan fingerprint density at radius 3 is 2.57 bits per heavy atom. The molecule has 0 bridgehead atoms. The van der Waals surface area contributed by atoms with E-state index in [0.29, 0.717) is 6.42 Å². The van der Waals surface area contributed by atoms with Crippen LogP contribution in [0.1, 0.15) is 29.2 Å². The van der Waals surface area contributed by atoms with Crippen LogP contribution in [0, 0.1) is 5.41 Å². The monoisotopic (exact) mass is 414 g/mol. The van der Waals surface area contributed by atoms with Crippen molar-refractivity contribution in [3.8, 4) is 11.3 Å². The second kappa shape index (κ2) is 8.46. The SMILES string of the molecule is Cl.N=C(N)NN=C1CC(c2ccccc2Cl)Cc2[nH]nc(-c3ccccc3)c21. The number of nitrogens with two attached hydrogens (primary N) is 1. The van der Waals surface area contributed by atoms with Crippen LogP contribution in [0.3, 0.4) is 0 Å². The third kappa shape index (κ3) is 3.88. The number of nitrogens with one attached hydrogen (secondary N) is 3. The number of guanidine groups is 1. The molecular weight excluding hydrogens is 395 g/mol. The topological polar surface area (TPSA) is 103 Å².